The van der Waals surface area contributed by atoms with Crippen molar-refractivity contribution in [1.82, 2.24) is 0 Å². The van der Waals surface area contributed by atoms with Gasteiger partial charge in [-0.3, -0.25) is 9.11 Å². The van der Waals surface area contributed by atoms with Gasteiger partial charge in [-0.1, -0.05) is 79.1 Å². The maximum atomic E-state index is 11.6. The summed E-state index contributed by atoms with van der Waals surface area (Å²) in [6, 6.07) is 27.2. The predicted molar refractivity (Wildman–Crippen MR) is 331 cm³/mol. The molecule has 432 valence electrons. The third-order valence-corrected chi connectivity index (χ3v) is 20.6. The third kappa shape index (κ3) is 16.5. The number of rotatable bonds is 21. The molecule has 0 saturated carbocycles. The van der Waals surface area contributed by atoms with Crippen molar-refractivity contribution in [3.8, 4) is 5.75 Å². The van der Waals surface area contributed by atoms with Gasteiger partial charge in [-0.25, -0.2) is 16.8 Å². The van der Waals surface area contributed by atoms with Gasteiger partial charge in [-0.15, -0.1) is 22.7 Å². The molecule has 24 heteroatoms. The first-order valence-electron chi connectivity index (χ1n) is 25.7. The van der Waals surface area contributed by atoms with Crippen LogP contribution >= 0.6 is 57.6 Å². The highest BCUT2D eigenvalue weighted by molar-refractivity contribution is 8.03. The van der Waals surface area contributed by atoms with Crippen molar-refractivity contribution in [3.63, 3.8) is 0 Å². The van der Waals surface area contributed by atoms with Gasteiger partial charge in [0.15, 0.2) is 5.75 Å². The molecule has 2 aliphatic heterocycles. The van der Waals surface area contributed by atoms with Crippen molar-refractivity contribution in [1.29, 1.82) is 0 Å². The summed E-state index contributed by atoms with van der Waals surface area (Å²) in [6.07, 6.45) is 10.9. The van der Waals surface area contributed by atoms with E-state index in [1.54, 1.807) is 45.4 Å². The Balaban J connectivity index is 0.000000213. The highest BCUT2D eigenvalue weighted by Crippen LogP contribution is 2.48. The molecular formula is C57H58Cl2N2O13S7-2. The fourth-order valence-corrected chi connectivity index (χ4v) is 15.4. The number of allylic oxidation sites excluding steroid dienone is 4. The average molecular weight is 1270 g/mol. The zero-order chi connectivity index (χ0) is 58.6. The third-order valence-electron chi connectivity index (χ3n) is 13.6. The van der Waals surface area contributed by atoms with E-state index in [1.807, 2.05) is 99.3 Å². The van der Waals surface area contributed by atoms with Gasteiger partial charge < -0.3 is 23.6 Å². The largest absolute Gasteiger partial charge is 0.748 e. The van der Waals surface area contributed by atoms with Crippen LogP contribution < -0.4 is 14.5 Å². The molecular weight excluding hydrogens is 1220 g/mol. The van der Waals surface area contributed by atoms with E-state index in [4.69, 9.17) is 27.9 Å². The number of halogens is 2. The second-order valence-electron chi connectivity index (χ2n) is 19.5. The van der Waals surface area contributed by atoms with Crippen LogP contribution in [0.1, 0.15) is 78.0 Å². The molecule has 0 unspecified atom stereocenters. The van der Waals surface area contributed by atoms with E-state index in [1.165, 1.54) is 0 Å². The van der Waals surface area contributed by atoms with E-state index in [2.05, 4.69) is 36.4 Å². The molecule has 2 aliphatic rings. The van der Waals surface area contributed by atoms with E-state index in [0.717, 1.165) is 95.4 Å². The van der Waals surface area contributed by atoms with Crippen molar-refractivity contribution in [2.75, 3.05) is 45.9 Å². The Morgan fingerprint density at radius 2 is 1.21 bits per heavy atom. The Morgan fingerprint density at radius 3 is 1.88 bits per heavy atom. The van der Waals surface area contributed by atoms with Gasteiger partial charge in [0.1, 0.15) is 0 Å². The molecule has 2 N–H and O–H groups in total. The molecule has 0 aliphatic carbocycles. The summed E-state index contributed by atoms with van der Waals surface area (Å²) in [5.41, 5.74) is 7.54. The summed E-state index contributed by atoms with van der Waals surface area (Å²) < 4.78 is 140. The van der Waals surface area contributed by atoms with E-state index < -0.39 is 57.7 Å². The first kappa shape index (κ1) is 62.3. The van der Waals surface area contributed by atoms with Gasteiger partial charge in [0.25, 0.3) is 20.2 Å². The Hall–Kier alpha value is -4.79. The van der Waals surface area contributed by atoms with Crippen molar-refractivity contribution in [2.45, 2.75) is 77.5 Å². The van der Waals surface area contributed by atoms with Crippen LogP contribution in [-0.2, 0) is 53.3 Å². The lowest BCUT2D eigenvalue weighted by atomic mass is 9.99. The summed E-state index contributed by atoms with van der Waals surface area (Å²) in [5.74, 6) is -0.604. The molecule has 2 aromatic heterocycles. The van der Waals surface area contributed by atoms with Crippen LogP contribution in [0.4, 0.5) is 11.4 Å². The lowest BCUT2D eigenvalue weighted by Gasteiger charge is -2.21. The van der Waals surface area contributed by atoms with Crippen molar-refractivity contribution in [3.05, 3.63) is 161 Å². The number of hydrogen-bond acceptors (Lipinski definition) is 16. The van der Waals surface area contributed by atoms with Gasteiger partial charge in [-0.2, -0.15) is 16.8 Å². The van der Waals surface area contributed by atoms with Crippen LogP contribution in [0.5, 0.6) is 5.75 Å². The molecule has 81 heavy (non-hydrogen) atoms. The minimum absolute atomic E-state index is 0.0148. The van der Waals surface area contributed by atoms with Gasteiger partial charge in [-0.05, 0) is 181 Å². The quantitative estimate of drug-likeness (QED) is 0.0636. The number of thiophene rings is 2. The molecule has 9 rings (SSSR count). The molecule has 0 fully saturated rings. The molecule has 0 amide bonds. The van der Waals surface area contributed by atoms with E-state index >= 15 is 0 Å². The number of anilines is 2. The van der Waals surface area contributed by atoms with Crippen LogP contribution in [0, 0.1) is 13.8 Å². The van der Waals surface area contributed by atoms with Gasteiger partial charge in [0.2, 0.25) is 5.88 Å². The minimum atomic E-state index is -4.34. The Kier molecular flexibility index (Phi) is 20.0. The van der Waals surface area contributed by atoms with E-state index in [9.17, 15) is 51.9 Å². The smallest absolute Gasteiger partial charge is 0.266 e. The fourth-order valence-electron chi connectivity index (χ4n) is 9.54. The number of benzene rings is 5. The van der Waals surface area contributed by atoms with Crippen molar-refractivity contribution >= 4 is 153 Å². The minimum Gasteiger partial charge on any atom is -0.748 e. The molecule has 4 heterocycles. The Bertz CT molecular complexity index is 4150. The molecule has 0 bridgehead atoms. The van der Waals surface area contributed by atoms with Crippen LogP contribution in [0.2, 0.25) is 10.0 Å². The van der Waals surface area contributed by atoms with Crippen LogP contribution in [-0.4, -0.2) is 88.0 Å². The second-order valence-corrected chi connectivity index (χ2v) is 29.8. The van der Waals surface area contributed by atoms with Crippen LogP contribution in [0.3, 0.4) is 0 Å². The van der Waals surface area contributed by atoms with Crippen LogP contribution in [0.15, 0.2) is 124 Å². The number of ether oxygens (including phenoxy) is 1. The molecule has 7 aromatic rings. The number of hydrogen-bond donors (Lipinski definition) is 2. The molecule has 0 spiro atoms. The zero-order valence-corrected chi connectivity index (χ0v) is 51.7. The number of thioether (sulfide) groups is 1. The number of fused-ring (bicyclic) bond motifs is 6. The zero-order valence-electron chi connectivity index (χ0n) is 44.5. The molecule has 15 nitrogen and oxygen atoms in total. The molecule has 0 atom stereocenters. The van der Waals surface area contributed by atoms with Gasteiger partial charge in [0, 0.05) is 70.2 Å². The van der Waals surface area contributed by atoms with Gasteiger partial charge in [0.05, 0.1) is 48.1 Å². The summed E-state index contributed by atoms with van der Waals surface area (Å²) >= 11 is 17.2. The standard InChI is InChI=1S/C31H33NO7S3.C26H27Cl2NO6S4/c1-4-22(19-30-32(13-15-42(36,37)38)26-16-20(2)21(3)17-27(26)39-30)18-29-25(10-7-14-41(33,34)35)31-24-9-6-5-8-23(24)11-12-28(31)40-29;1-2-17(13-25-20(5-3-11-38(30,31)32)21-15-18(27)6-8-23(21)36-25)14-26-29(10-4-12-39(33,34)35)22-16-19(28)7-9-24(22)37-26/h5-6,8-9,11-12,16-19H,4,7,10,13-15H2,1-3H3,(H,33,34,35)(H,36,37,38);6-9,13-16H,2-5,10-12H2,1H3,(H,30,31,32)(H,33,34,35)/p-2/b22-18?,30-19-;17-13?,26-14-. The number of nitrogens with zero attached hydrogens (tertiary/aromatic N) is 2. The van der Waals surface area contributed by atoms with E-state index in [0.29, 0.717) is 53.9 Å². The number of aryl methyl sites for hydroxylation is 4. The normalized spacial score (nSPS) is 15.3. The van der Waals surface area contributed by atoms with Crippen molar-refractivity contribution in [2.24, 2.45) is 0 Å². The summed E-state index contributed by atoms with van der Waals surface area (Å²) in [6.45, 7) is 8.38. The summed E-state index contributed by atoms with van der Waals surface area (Å²) in [7, 11) is -16.9. The maximum absolute atomic E-state index is 11.6. The highest BCUT2D eigenvalue weighted by atomic mass is 35.5. The first-order valence-corrected chi connectivity index (χ1v) is 35.3. The molecule has 0 saturated heterocycles. The predicted octanol–water partition coefficient (Wildman–Crippen LogP) is 13.8. The molecule has 0 radical (unpaired) electrons. The monoisotopic (exact) mass is 1270 g/mol. The SMILES string of the molecule is CCC(=Cc1sc2ccc(Cl)cc2c1CCCS(=O)(=O)[O-])/C=C1\Sc2ccc(Cl)cc2N1CCCS(=O)(=O)O.CCC(=Cc1sc2ccc3ccccc3c2c1CCCS(=O)(=O)[O-])/C=C1\Oc2cc(C)c(C)cc2N1CCS(=O)(=O)O. The Morgan fingerprint density at radius 1 is 0.617 bits per heavy atom. The topological polar surface area (TPSA) is 239 Å². The first-order chi connectivity index (χ1) is 38.2. The fraction of sp³-hybridized carbons (Fsp3) is 0.298. The lowest BCUT2D eigenvalue weighted by Crippen LogP contribution is -2.27. The van der Waals surface area contributed by atoms with Crippen molar-refractivity contribution < 1.29 is 56.6 Å². The Labute approximate surface area is 495 Å². The van der Waals surface area contributed by atoms with Crippen LogP contribution in [0.25, 0.3) is 43.1 Å². The second kappa shape index (κ2) is 26.0. The summed E-state index contributed by atoms with van der Waals surface area (Å²) in [5, 5.41) is 6.18. The van der Waals surface area contributed by atoms with Gasteiger partial charge >= 0.3 is 0 Å². The average Bonchev–Trinajstić information content (AvgIpc) is 4.20. The maximum Gasteiger partial charge on any atom is 0.266 e. The highest BCUT2D eigenvalue weighted by Gasteiger charge is 2.29. The summed E-state index contributed by atoms with van der Waals surface area (Å²) in [4.78, 5) is 6.68. The lowest BCUT2D eigenvalue weighted by molar-refractivity contribution is 0.437. The van der Waals surface area contributed by atoms with E-state index in [-0.39, 0.29) is 31.6 Å². The molecule has 5 aromatic carbocycles.